The Labute approximate surface area is 92.8 Å². The number of carbonyl (C=O) groups excluding carboxylic acids is 1. The van der Waals surface area contributed by atoms with Crippen LogP contribution in [0, 0.1) is 5.41 Å². The molecule has 0 unspecified atom stereocenters. The predicted molar refractivity (Wildman–Crippen MR) is 60.7 cm³/mol. The number of hydrogen-bond donors (Lipinski definition) is 0. The Balaban J connectivity index is 2.52. The summed E-state index contributed by atoms with van der Waals surface area (Å²) in [5.41, 5.74) is 0.0713. The minimum absolute atomic E-state index is 0.0713. The first kappa shape index (κ1) is 12.5. The lowest BCUT2D eigenvalue weighted by Crippen LogP contribution is -2.48. The Morgan fingerprint density at radius 1 is 1.27 bits per heavy atom. The van der Waals surface area contributed by atoms with Crippen molar-refractivity contribution in [2.45, 2.75) is 53.2 Å². The van der Waals surface area contributed by atoms with Gasteiger partial charge in [0.15, 0.2) is 0 Å². The number of rotatable bonds is 1. The molecule has 0 aliphatic carbocycles. The van der Waals surface area contributed by atoms with E-state index >= 15 is 0 Å². The van der Waals surface area contributed by atoms with E-state index in [1.54, 1.807) is 0 Å². The summed E-state index contributed by atoms with van der Waals surface area (Å²) < 4.78 is 5.60. The van der Waals surface area contributed by atoms with Crippen LogP contribution in [-0.2, 0) is 9.53 Å². The Hall–Kier alpha value is -0.570. The van der Waals surface area contributed by atoms with Crippen molar-refractivity contribution in [3.63, 3.8) is 0 Å². The van der Waals surface area contributed by atoms with Crippen LogP contribution in [-0.4, -0.2) is 36.1 Å². The number of amides is 1. The smallest absolute Gasteiger partial charge is 0.223 e. The Bertz CT molecular complexity index is 222. The second-order valence-corrected chi connectivity index (χ2v) is 5.79. The zero-order chi connectivity index (χ0) is 11.6. The Morgan fingerprint density at radius 3 is 2.13 bits per heavy atom. The van der Waals surface area contributed by atoms with Gasteiger partial charge in [-0.05, 0) is 19.3 Å². The van der Waals surface area contributed by atoms with Crippen LogP contribution >= 0.6 is 0 Å². The highest BCUT2D eigenvalue weighted by atomic mass is 16.5. The van der Waals surface area contributed by atoms with Gasteiger partial charge < -0.3 is 9.64 Å². The molecule has 0 aromatic rings. The molecule has 1 amide bonds. The third-order valence-electron chi connectivity index (χ3n) is 2.45. The number of morpholine rings is 1. The highest BCUT2D eigenvalue weighted by Gasteiger charge is 2.28. The fourth-order valence-corrected chi connectivity index (χ4v) is 1.95. The molecular weight excluding hydrogens is 190 g/mol. The Kier molecular flexibility index (Phi) is 3.77. The average molecular weight is 213 g/mol. The van der Waals surface area contributed by atoms with Gasteiger partial charge in [0.2, 0.25) is 5.91 Å². The molecule has 1 fully saturated rings. The minimum Gasteiger partial charge on any atom is -0.372 e. The lowest BCUT2D eigenvalue weighted by Gasteiger charge is -2.36. The fourth-order valence-electron chi connectivity index (χ4n) is 1.95. The first-order valence-corrected chi connectivity index (χ1v) is 5.71. The summed E-state index contributed by atoms with van der Waals surface area (Å²) in [6.45, 7) is 11.8. The van der Waals surface area contributed by atoms with E-state index in [0.717, 1.165) is 13.1 Å². The van der Waals surface area contributed by atoms with E-state index in [0.29, 0.717) is 6.42 Å². The molecule has 0 bridgehead atoms. The molecule has 1 saturated heterocycles. The second kappa shape index (κ2) is 4.52. The molecule has 0 aromatic heterocycles. The van der Waals surface area contributed by atoms with Crippen LogP contribution < -0.4 is 0 Å². The van der Waals surface area contributed by atoms with Crippen LogP contribution in [0.25, 0.3) is 0 Å². The van der Waals surface area contributed by atoms with Crippen LogP contribution in [0.2, 0.25) is 0 Å². The maximum atomic E-state index is 12.0. The number of ether oxygens (including phenoxy) is 1. The first-order valence-electron chi connectivity index (χ1n) is 5.71. The normalized spacial score (nSPS) is 27.9. The van der Waals surface area contributed by atoms with E-state index < -0.39 is 0 Å². The highest BCUT2D eigenvalue weighted by Crippen LogP contribution is 2.21. The van der Waals surface area contributed by atoms with Crippen LogP contribution in [0.15, 0.2) is 0 Å². The molecule has 0 spiro atoms. The zero-order valence-electron chi connectivity index (χ0n) is 10.5. The molecule has 3 nitrogen and oxygen atoms in total. The van der Waals surface area contributed by atoms with Gasteiger partial charge in [0.1, 0.15) is 0 Å². The van der Waals surface area contributed by atoms with Gasteiger partial charge in [-0.3, -0.25) is 4.79 Å². The number of nitrogens with zero attached hydrogens (tertiary/aromatic N) is 1. The summed E-state index contributed by atoms with van der Waals surface area (Å²) >= 11 is 0. The van der Waals surface area contributed by atoms with E-state index in [-0.39, 0.29) is 23.5 Å². The maximum Gasteiger partial charge on any atom is 0.223 e. The molecular formula is C12H23NO2. The van der Waals surface area contributed by atoms with Crippen molar-refractivity contribution in [2.24, 2.45) is 5.41 Å². The standard InChI is InChI=1S/C12H23NO2/c1-9-7-13(8-10(2)15-9)11(14)6-12(3,4)5/h9-10H,6-8H2,1-5H3/t9-,10-/m1/s1. The molecule has 15 heavy (non-hydrogen) atoms. The molecule has 1 heterocycles. The van der Waals surface area contributed by atoms with Crippen molar-refractivity contribution >= 4 is 5.91 Å². The summed E-state index contributed by atoms with van der Waals surface area (Å²) in [7, 11) is 0. The van der Waals surface area contributed by atoms with E-state index in [4.69, 9.17) is 4.74 Å². The quantitative estimate of drug-likeness (QED) is 0.667. The molecule has 3 heteroatoms. The lowest BCUT2D eigenvalue weighted by molar-refractivity contribution is -0.145. The molecule has 1 rings (SSSR count). The van der Waals surface area contributed by atoms with Crippen molar-refractivity contribution in [2.75, 3.05) is 13.1 Å². The van der Waals surface area contributed by atoms with E-state index in [9.17, 15) is 4.79 Å². The molecule has 0 aromatic carbocycles. The molecule has 1 aliphatic heterocycles. The second-order valence-electron chi connectivity index (χ2n) is 5.79. The van der Waals surface area contributed by atoms with E-state index in [1.165, 1.54) is 0 Å². The molecule has 1 aliphatic rings. The van der Waals surface area contributed by atoms with E-state index in [2.05, 4.69) is 20.8 Å². The number of carbonyl (C=O) groups is 1. The topological polar surface area (TPSA) is 29.5 Å². The maximum absolute atomic E-state index is 12.0. The van der Waals surface area contributed by atoms with Crippen molar-refractivity contribution in [3.8, 4) is 0 Å². The summed E-state index contributed by atoms with van der Waals surface area (Å²) in [5.74, 6) is 0.254. The SMILES string of the molecule is C[C@@H]1CN(C(=O)CC(C)(C)C)C[C@@H](C)O1. The highest BCUT2D eigenvalue weighted by molar-refractivity contribution is 5.77. The predicted octanol–water partition coefficient (Wildman–Crippen LogP) is 2.06. The van der Waals surface area contributed by atoms with E-state index in [1.807, 2.05) is 18.7 Å². The fraction of sp³-hybridized carbons (Fsp3) is 0.917. The van der Waals surface area contributed by atoms with Gasteiger partial charge in [-0.2, -0.15) is 0 Å². The third-order valence-corrected chi connectivity index (χ3v) is 2.45. The third kappa shape index (κ3) is 4.20. The average Bonchev–Trinajstić information content (AvgIpc) is 1.98. The van der Waals surface area contributed by atoms with Gasteiger partial charge in [-0.1, -0.05) is 20.8 Å². The molecule has 0 saturated carbocycles. The number of hydrogen-bond acceptors (Lipinski definition) is 2. The summed E-state index contributed by atoms with van der Waals surface area (Å²) in [5, 5.41) is 0. The van der Waals surface area contributed by atoms with Crippen molar-refractivity contribution in [3.05, 3.63) is 0 Å². The van der Waals surface area contributed by atoms with Crippen LogP contribution in [0.3, 0.4) is 0 Å². The van der Waals surface area contributed by atoms with Gasteiger partial charge in [0.05, 0.1) is 12.2 Å². The van der Waals surface area contributed by atoms with Gasteiger partial charge in [-0.25, -0.2) is 0 Å². The lowest BCUT2D eigenvalue weighted by atomic mass is 9.91. The summed E-state index contributed by atoms with van der Waals surface area (Å²) in [4.78, 5) is 13.9. The first-order chi connectivity index (χ1) is 6.78. The summed E-state index contributed by atoms with van der Waals surface area (Å²) in [6.07, 6.45) is 0.947. The minimum atomic E-state index is 0.0713. The van der Waals surface area contributed by atoms with Crippen LogP contribution in [0.4, 0.5) is 0 Å². The largest absolute Gasteiger partial charge is 0.372 e. The van der Waals surface area contributed by atoms with Gasteiger partial charge >= 0.3 is 0 Å². The molecule has 2 atom stereocenters. The van der Waals surface area contributed by atoms with Crippen LogP contribution in [0.1, 0.15) is 41.0 Å². The van der Waals surface area contributed by atoms with Gasteiger partial charge in [-0.15, -0.1) is 0 Å². The van der Waals surface area contributed by atoms with Gasteiger partial charge in [0, 0.05) is 19.5 Å². The van der Waals surface area contributed by atoms with Crippen molar-refractivity contribution in [1.82, 2.24) is 4.90 Å². The monoisotopic (exact) mass is 213 g/mol. The Morgan fingerprint density at radius 2 is 1.73 bits per heavy atom. The van der Waals surface area contributed by atoms with Crippen molar-refractivity contribution < 1.29 is 9.53 Å². The van der Waals surface area contributed by atoms with Gasteiger partial charge in [0.25, 0.3) is 0 Å². The zero-order valence-corrected chi connectivity index (χ0v) is 10.5. The molecule has 88 valence electrons. The molecule has 0 N–H and O–H groups in total. The molecule has 0 radical (unpaired) electrons. The van der Waals surface area contributed by atoms with Crippen LogP contribution in [0.5, 0.6) is 0 Å². The van der Waals surface area contributed by atoms with Crippen molar-refractivity contribution in [1.29, 1.82) is 0 Å². The summed E-state index contributed by atoms with van der Waals surface area (Å²) in [6, 6.07) is 0.